The Morgan fingerprint density at radius 1 is 0.800 bits per heavy atom. The summed E-state index contributed by atoms with van der Waals surface area (Å²) in [6.07, 6.45) is 0. The van der Waals surface area contributed by atoms with Gasteiger partial charge in [-0.15, -0.1) is 0 Å². The lowest BCUT2D eigenvalue weighted by atomic mass is 9.88. The average Bonchev–Trinajstić information content (AvgIpc) is 3.42. The fraction of sp³-hybridized carbons (Fsp3) is 0.111. The van der Waals surface area contributed by atoms with Crippen molar-refractivity contribution in [3.63, 3.8) is 0 Å². The van der Waals surface area contributed by atoms with Crippen LogP contribution in [0.5, 0.6) is 0 Å². The fourth-order valence-corrected chi connectivity index (χ4v) is 5.62. The Hall–Kier alpha value is -3.23. The van der Waals surface area contributed by atoms with E-state index >= 15 is 0 Å². The summed E-state index contributed by atoms with van der Waals surface area (Å²) in [6, 6.07) is 28.8. The summed E-state index contributed by atoms with van der Waals surface area (Å²) < 4.78 is 0. The Bertz CT molecular complexity index is 1340. The number of carbonyl (C=O) groups excluding carboxylic acids is 2. The average molecular weight is 409 g/mol. The van der Waals surface area contributed by atoms with E-state index in [2.05, 4.69) is 0 Å². The molecule has 2 nitrogen and oxygen atoms in total. The van der Waals surface area contributed by atoms with Gasteiger partial charge in [-0.1, -0.05) is 90.5 Å². The molecule has 30 heavy (non-hydrogen) atoms. The maximum atomic E-state index is 13.9. The second-order valence-corrected chi connectivity index (χ2v) is 8.58. The number of ketones is 2. The zero-order valence-electron chi connectivity index (χ0n) is 16.0. The van der Waals surface area contributed by atoms with Crippen molar-refractivity contribution in [3.05, 3.63) is 118 Å². The smallest absolute Gasteiger partial charge is 0.175 e. The minimum absolute atomic E-state index is 0.0220. The molecule has 0 aliphatic heterocycles. The summed E-state index contributed by atoms with van der Waals surface area (Å²) in [5.41, 5.74) is 2.49. The predicted octanol–water partition coefficient (Wildman–Crippen LogP) is 6.22. The van der Waals surface area contributed by atoms with E-state index in [4.69, 9.17) is 11.6 Å². The van der Waals surface area contributed by atoms with Crippen molar-refractivity contribution in [1.82, 2.24) is 0 Å². The van der Waals surface area contributed by atoms with Crippen LogP contribution >= 0.6 is 11.6 Å². The van der Waals surface area contributed by atoms with Crippen molar-refractivity contribution in [2.45, 2.75) is 11.3 Å². The highest BCUT2D eigenvalue weighted by atomic mass is 35.5. The molecule has 2 aliphatic rings. The van der Waals surface area contributed by atoms with Gasteiger partial charge >= 0.3 is 0 Å². The van der Waals surface area contributed by atoms with Gasteiger partial charge in [-0.25, -0.2) is 0 Å². The molecule has 6 rings (SSSR count). The van der Waals surface area contributed by atoms with Gasteiger partial charge in [0.1, 0.15) is 0 Å². The molecule has 3 heteroatoms. The lowest BCUT2D eigenvalue weighted by Crippen LogP contribution is -2.22. The highest BCUT2D eigenvalue weighted by Gasteiger charge is 2.75. The van der Waals surface area contributed by atoms with E-state index < -0.39 is 11.3 Å². The third-order valence-corrected chi connectivity index (χ3v) is 7.00. The van der Waals surface area contributed by atoms with Crippen molar-refractivity contribution in [3.8, 4) is 0 Å². The fourth-order valence-electron chi connectivity index (χ4n) is 5.49. The SMILES string of the molecule is O=C(c1ccccc1)[C@@H]1[C@@H](c2ccc(Cl)cc2)[C@]12C(=O)c1cccc3cccc2c13. The molecule has 0 bridgehead atoms. The van der Waals surface area contributed by atoms with Gasteiger partial charge in [0, 0.05) is 28.0 Å². The molecule has 0 aromatic heterocycles. The maximum absolute atomic E-state index is 13.9. The van der Waals surface area contributed by atoms with Crippen LogP contribution in [-0.4, -0.2) is 11.6 Å². The monoisotopic (exact) mass is 408 g/mol. The first-order valence-electron chi connectivity index (χ1n) is 10.1. The molecule has 0 radical (unpaired) electrons. The minimum atomic E-state index is -0.843. The van der Waals surface area contributed by atoms with Gasteiger partial charge in [0.25, 0.3) is 0 Å². The number of hydrogen-bond acceptors (Lipinski definition) is 2. The molecule has 144 valence electrons. The molecule has 2 aliphatic carbocycles. The van der Waals surface area contributed by atoms with E-state index in [1.165, 1.54) is 0 Å². The zero-order chi connectivity index (χ0) is 20.5. The second kappa shape index (κ2) is 6.13. The maximum Gasteiger partial charge on any atom is 0.175 e. The lowest BCUT2D eigenvalue weighted by molar-refractivity contribution is 0.0892. The normalized spacial score (nSPS) is 23.8. The van der Waals surface area contributed by atoms with Crippen molar-refractivity contribution in [2.75, 3.05) is 0 Å². The molecule has 0 heterocycles. The molecule has 0 N–H and O–H groups in total. The molecule has 0 saturated heterocycles. The van der Waals surface area contributed by atoms with Crippen LogP contribution in [-0.2, 0) is 5.41 Å². The van der Waals surface area contributed by atoms with Crippen LogP contribution in [0.4, 0.5) is 0 Å². The van der Waals surface area contributed by atoms with Crippen LogP contribution < -0.4 is 0 Å². The largest absolute Gasteiger partial charge is 0.294 e. The van der Waals surface area contributed by atoms with Crippen LogP contribution in [0.15, 0.2) is 91.0 Å². The number of hydrogen-bond donors (Lipinski definition) is 0. The van der Waals surface area contributed by atoms with E-state index in [0.717, 1.165) is 27.5 Å². The van der Waals surface area contributed by atoms with Gasteiger partial charge in [-0.2, -0.15) is 0 Å². The minimum Gasteiger partial charge on any atom is -0.294 e. The number of fused-ring (bicyclic) bond motifs is 1. The zero-order valence-corrected chi connectivity index (χ0v) is 16.8. The highest BCUT2D eigenvalue weighted by molar-refractivity contribution is 6.30. The molecule has 1 saturated carbocycles. The number of benzene rings is 4. The molecular weight excluding hydrogens is 392 g/mol. The van der Waals surface area contributed by atoms with Gasteiger partial charge in [0.2, 0.25) is 0 Å². The van der Waals surface area contributed by atoms with E-state index in [9.17, 15) is 9.59 Å². The van der Waals surface area contributed by atoms with Gasteiger partial charge in [0.15, 0.2) is 11.6 Å². The molecule has 3 atom stereocenters. The number of halogens is 1. The third-order valence-electron chi connectivity index (χ3n) is 6.75. The van der Waals surface area contributed by atoms with Crippen LogP contribution in [0, 0.1) is 5.92 Å². The van der Waals surface area contributed by atoms with Gasteiger partial charge in [0.05, 0.1) is 5.41 Å². The lowest BCUT2D eigenvalue weighted by Gasteiger charge is -2.11. The summed E-state index contributed by atoms with van der Waals surface area (Å²) >= 11 is 6.12. The quantitative estimate of drug-likeness (QED) is 0.377. The number of Topliss-reactive ketones (excluding diaryl/α,β-unsaturated/α-hetero) is 2. The van der Waals surface area contributed by atoms with E-state index in [1.807, 2.05) is 91.0 Å². The Balaban J connectivity index is 1.59. The molecule has 1 spiro atoms. The van der Waals surface area contributed by atoms with E-state index in [-0.39, 0.29) is 17.5 Å². The Morgan fingerprint density at radius 3 is 2.23 bits per heavy atom. The Kier molecular flexibility index (Phi) is 3.60. The molecule has 4 aromatic carbocycles. The molecule has 0 amide bonds. The predicted molar refractivity (Wildman–Crippen MR) is 118 cm³/mol. The Labute approximate surface area is 179 Å². The number of carbonyl (C=O) groups is 2. The van der Waals surface area contributed by atoms with Crippen LogP contribution in [0.2, 0.25) is 5.02 Å². The number of rotatable bonds is 3. The molecular formula is C27H17ClO2. The molecule has 4 aromatic rings. The van der Waals surface area contributed by atoms with Gasteiger partial charge in [-0.3, -0.25) is 9.59 Å². The summed E-state index contributed by atoms with van der Waals surface area (Å²) in [7, 11) is 0. The summed E-state index contributed by atoms with van der Waals surface area (Å²) in [4.78, 5) is 27.5. The van der Waals surface area contributed by atoms with Gasteiger partial charge < -0.3 is 0 Å². The summed E-state index contributed by atoms with van der Waals surface area (Å²) in [5, 5.41) is 2.68. The van der Waals surface area contributed by atoms with Gasteiger partial charge in [-0.05, 0) is 34.0 Å². The standard InChI is InChI=1S/C27H17ClO2/c28-19-14-12-17(13-15-19)23-24(25(29)18-6-2-1-3-7-18)27(23)21-11-5-9-16-8-4-10-20(22(16)21)26(27)30/h1-15,23-24H/t23-,24+,27+/m1/s1. The van der Waals surface area contributed by atoms with Crippen molar-refractivity contribution in [1.29, 1.82) is 0 Å². The Morgan fingerprint density at radius 2 is 1.50 bits per heavy atom. The van der Waals surface area contributed by atoms with Crippen molar-refractivity contribution >= 4 is 33.9 Å². The topological polar surface area (TPSA) is 34.1 Å². The summed E-state index contributed by atoms with van der Waals surface area (Å²) in [5.74, 6) is -0.545. The first-order chi connectivity index (χ1) is 14.6. The van der Waals surface area contributed by atoms with Crippen LogP contribution in [0.3, 0.4) is 0 Å². The van der Waals surface area contributed by atoms with E-state index in [0.29, 0.717) is 10.6 Å². The molecule has 1 fully saturated rings. The third kappa shape index (κ3) is 2.15. The van der Waals surface area contributed by atoms with Crippen LogP contribution in [0.25, 0.3) is 10.8 Å². The summed E-state index contributed by atoms with van der Waals surface area (Å²) in [6.45, 7) is 0. The second-order valence-electron chi connectivity index (χ2n) is 8.14. The van der Waals surface area contributed by atoms with Crippen molar-refractivity contribution < 1.29 is 9.59 Å². The van der Waals surface area contributed by atoms with E-state index in [1.54, 1.807) is 0 Å². The first kappa shape index (κ1) is 17.6. The van der Waals surface area contributed by atoms with Crippen molar-refractivity contribution in [2.24, 2.45) is 5.92 Å². The first-order valence-corrected chi connectivity index (χ1v) is 10.4. The molecule has 0 unspecified atom stereocenters. The van der Waals surface area contributed by atoms with Crippen LogP contribution in [0.1, 0.15) is 37.8 Å². The highest BCUT2D eigenvalue weighted by Crippen LogP contribution is 2.71.